The Kier molecular flexibility index (Phi) is 5.56. The van der Waals surface area contributed by atoms with Crippen molar-refractivity contribution < 1.29 is 18.8 Å². The molecule has 2 amide bonds. The van der Waals surface area contributed by atoms with Crippen molar-refractivity contribution in [2.45, 2.75) is 58.9 Å². The molecule has 1 aromatic heterocycles. The first-order valence-electron chi connectivity index (χ1n) is 10.3. The van der Waals surface area contributed by atoms with E-state index in [1.807, 2.05) is 26.0 Å². The zero-order chi connectivity index (χ0) is 20.4. The molecule has 2 aliphatic rings. The number of aryl methyl sites for hydroxylation is 2. The molecule has 1 saturated carbocycles. The van der Waals surface area contributed by atoms with Crippen LogP contribution in [0.1, 0.15) is 55.5 Å². The molecule has 0 unspecified atom stereocenters. The molecular weight excluding hydrogens is 370 g/mol. The fourth-order valence-corrected chi connectivity index (χ4v) is 4.20. The van der Waals surface area contributed by atoms with Gasteiger partial charge in [-0.05, 0) is 50.8 Å². The van der Waals surface area contributed by atoms with Crippen LogP contribution < -0.4 is 15.0 Å². The molecule has 29 heavy (non-hydrogen) atoms. The number of nitrogens with zero attached hydrogens (tertiary/aromatic N) is 2. The molecule has 1 aliphatic heterocycles. The topological polar surface area (TPSA) is 84.7 Å². The Morgan fingerprint density at radius 3 is 2.76 bits per heavy atom. The van der Waals surface area contributed by atoms with Gasteiger partial charge in [-0.25, -0.2) is 0 Å². The van der Waals surface area contributed by atoms with Crippen molar-refractivity contribution >= 4 is 23.2 Å². The summed E-state index contributed by atoms with van der Waals surface area (Å²) in [6.45, 7) is 4.04. The highest BCUT2D eigenvalue weighted by atomic mass is 16.5. The predicted molar refractivity (Wildman–Crippen MR) is 109 cm³/mol. The first-order valence-corrected chi connectivity index (χ1v) is 10.3. The van der Waals surface area contributed by atoms with Gasteiger partial charge in [0.25, 0.3) is 5.91 Å². The Balaban J connectivity index is 1.51. The van der Waals surface area contributed by atoms with E-state index in [1.54, 1.807) is 11.0 Å². The van der Waals surface area contributed by atoms with Crippen molar-refractivity contribution in [2.24, 2.45) is 5.92 Å². The summed E-state index contributed by atoms with van der Waals surface area (Å²) in [6.07, 6.45) is 6.52. The van der Waals surface area contributed by atoms with Gasteiger partial charge in [0.15, 0.2) is 6.61 Å². The van der Waals surface area contributed by atoms with E-state index in [0.29, 0.717) is 41.8 Å². The van der Waals surface area contributed by atoms with Crippen LogP contribution in [0.15, 0.2) is 22.7 Å². The number of hydrogen-bond donors (Lipinski definition) is 1. The number of hydrogen-bond acceptors (Lipinski definition) is 5. The number of carbonyl (C=O) groups excluding carboxylic acids is 2. The summed E-state index contributed by atoms with van der Waals surface area (Å²) in [5.41, 5.74) is 2.97. The van der Waals surface area contributed by atoms with E-state index in [-0.39, 0.29) is 18.4 Å². The van der Waals surface area contributed by atoms with Crippen molar-refractivity contribution in [3.8, 4) is 5.75 Å². The van der Waals surface area contributed by atoms with Crippen LogP contribution in [0.25, 0.3) is 0 Å². The van der Waals surface area contributed by atoms with E-state index >= 15 is 0 Å². The average Bonchev–Trinajstić information content (AvgIpc) is 3.02. The number of ether oxygens (including phenoxy) is 1. The number of benzene rings is 1. The van der Waals surface area contributed by atoms with E-state index in [0.717, 1.165) is 24.1 Å². The van der Waals surface area contributed by atoms with Crippen molar-refractivity contribution in [3.05, 3.63) is 35.2 Å². The van der Waals surface area contributed by atoms with Crippen LogP contribution >= 0.6 is 0 Å². The van der Waals surface area contributed by atoms with Gasteiger partial charge >= 0.3 is 0 Å². The maximum absolute atomic E-state index is 12.6. The van der Waals surface area contributed by atoms with E-state index in [9.17, 15) is 9.59 Å². The van der Waals surface area contributed by atoms with Crippen LogP contribution in [-0.4, -0.2) is 23.6 Å². The Bertz CT molecular complexity index is 895. The first kappa shape index (κ1) is 19.5. The zero-order valence-corrected chi connectivity index (χ0v) is 17.0. The molecule has 1 aliphatic carbocycles. The molecule has 0 atom stereocenters. The Labute approximate surface area is 170 Å². The van der Waals surface area contributed by atoms with Crippen molar-refractivity contribution in [1.82, 2.24) is 5.16 Å². The SMILES string of the molecule is Cc1noc(C)c1CN1C(=O)COc2ccc(NC(=O)CC3CCCCC3)cc21. The van der Waals surface area contributed by atoms with Crippen molar-refractivity contribution in [2.75, 3.05) is 16.8 Å². The number of amides is 2. The highest BCUT2D eigenvalue weighted by Crippen LogP contribution is 2.36. The van der Waals surface area contributed by atoms with Crippen LogP contribution in [0.3, 0.4) is 0 Å². The second kappa shape index (κ2) is 8.27. The monoisotopic (exact) mass is 397 g/mol. The van der Waals surface area contributed by atoms with Gasteiger partial charge in [-0.3, -0.25) is 9.59 Å². The Morgan fingerprint density at radius 1 is 1.24 bits per heavy atom. The number of nitrogens with one attached hydrogen (secondary N) is 1. The minimum atomic E-state index is -0.136. The lowest BCUT2D eigenvalue weighted by molar-refractivity contribution is -0.121. The van der Waals surface area contributed by atoms with Crippen LogP contribution in [0.5, 0.6) is 5.75 Å². The van der Waals surface area contributed by atoms with Crippen molar-refractivity contribution in [3.63, 3.8) is 0 Å². The quantitative estimate of drug-likeness (QED) is 0.820. The molecule has 0 saturated heterocycles. The van der Waals surface area contributed by atoms with Gasteiger partial charge in [0.05, 0.1) is 17.9 Å². The highest BCUT2D eigenvalue weighted by molar-refractivity contribution is 5.99. The lowest BCUT2D eigenvalue weighted by Gasteiger charge is -2.30. The largest absolute Gasteiger partial charge is 0.482 e. The van der Waals surface area contributed by atoms with E-state index in [4.69, 9.17) is 9.26 Å². The summed E-state index contributed by atoms with van der Waals surface area (Å²) in [5.74, 6) is 1.68. The molecule has 7 heteroatoms. The zero-order valence-electron chi connectivity index (χ0n) is 17.0. The number of aromatic nitrogens is 1. The second-order valence-corrected chi connectivity index (χ2v) is 8.01. The van der Waals surface area contributed by atoms with Gasteiger partial charge in [0, 0.05) is 17.7 Å². The minimum absolute atomic E-state index is 0.0102. The van der Waals surface area contributed by atoms with E-state index in [1.165, 1.54) is 19.3 Å². The highest BCUT2D eigenvalue weighted by Gasteiger charge is 2.28. The van der Waals surface area contributed by atoms with Crippen LogP contribution in [0.4, 0.5) is 11.4 Å². The molecule has 4 rings (SSSR count). The molecule has 1 aromatic carbocycles. The summed E-state index contributed by atoms with van der Waals surface area (Å²) in [6, 6.07) is 5.43. The number of rotatable bonds is 5. The fraction of sp³-hybridized carbons (Fsp3) is 0.500. The van der Waals surface area contributed by atoms with Gasteiger partial charge in [-0.15, -0.1) is 0 Å². The van der Waals surface area contributed by atoms with E-state index in [2.05, 4.69) is 10.5 Å². The molecule has 1 fully saturated rings. The maximum atomic E-state index is 12.6. The summed E-state index contributed by atoms with van der Waals surface area (Å²) < 4.78 is 10.8. The summed E-state index contributed by atoms with van der Waals surface area (Å²) >= 11 is 0. The van der Waals surface area contributed by atoms with Gasteiger partial charge < -0.3 is 19.5 Å². The van der Waals surface area contributed by atoms with Crippen LogP contribution in [-0.2, 0) is 16.1 Å². The third kappa shape index (κ3) is 4.28. The number of anilines is 2. The molecule has 2 aromatic rings. The number of fused-ring (bicyclic) bond motifs is 1. The van der Waals surface area contributed by atoms with Crippen LogP contribution in [0, 0.1) is 19.8 Å². The Hall–Kier alpha value is -2.83. The molecule has 0 spiro atoms. The minimum Gasteiger partial charge on any atom is -0.482 e. The molecular formula is C22H27N3O4. The van der Waals surface area contributed by atoms with Gasteiger partial charge in [-0.1, -0.05) is 24.4 Å². The molecule has 154 valence electrons. The fourth-order valence-electron chi connectivity index (χ4n) is 4.20. The van der Waals surface area contributed by atoms with Gasteiger partial charge in [-0.2, -0.15) is 0 Å². The lowest BCUT2D eigenvalue weighted by atomic mass is 9.87. The van der Waals surface area contributed by atoms with Crippen LogP contribution in [0.2, 0.25) is 0 Å². The molecule has 0 bridgehead atoms. The molecule has 0 radical (unpaired) electrons. The average molecular weight is 397 g/mol. The normalized spacial score (nSPS) is 17.0. The summed E-state index contributed by atoms with van der Waals surface area (Å²) in [4.78, 5) is 26.7. The third-order valence-corrected chi connectivity index (χ3v) is 5.88. The molecule has 2 heterocycles. The maximum Gasteiger partial charge on any atom is 0.265 e. The molecule has 7 nitrogen and oxygen atoms in total. The summed E-state index contributed by atoms with van der Waals surface area (Å²) in [5, 5.41) is 6.97. The second-order valence-electron chi connectivity index (χ2n) is 8.01. The standard InChI is InChI=1S/C22H27N3O4/c1-14-18(15(2)29-24-14)12-25-19-11-17(8-9-20(19)28-13-22(25)27)23-21(26)10-16-6-4-3-5-7-16/h8-9,11,16H,3-7,10,12-13H2,1-2H3,(H,23,26). The third-order valence-electron chi connectivity index (χ3n) is 5.88. The Morgan fingerprint density at radius 2 is 2.03 bits per heavy atom. The van der Waals surface area contributed by atoms with Crippen molar-refractivity contribution in [1.29, 1.82) is 0 Å². The smallest absolute Gasteiger partial charge is 0.265 e. The van der Waals surface area contributed by atoms with E-state index < -0.39 is 0 Å². The summed E-state index contributed by atoms with van der Waals surface area (Å²) in [7, 11) is 0. The first-order chi connectivity index (χ1) is 14.0. The molecule has 1 N–H and O–H groups in total. The number of carbonyl (C=O) groups is 2. The van der Waals surface area contributed by atoms with Gasteiger partial charge in [0.2, 0.25) is 5.91 Å². The predicted octanol–water partition coefficient (Wildman–Crippen LogP) is 4.13. The lowest BCUT2D eigenvalue weighted by Crippen LogP contribution is -2.38. The van der Waals surface area contributed by atoms with Gasteiger partial charge in [0.1, 0.15) is 11.5 Å².